The molecule has 18 heavy (non-hydrogen) atoms. The molecule has 0 unspecified atom stereocenters. The Morgan fingerprint density at radius 1 is 1.44 bits per heavy atom. The highest BCUT2D eigenvalue weighted by Crippen LogP contribution is 2.27. The Balaban J connectivity index is 2.36. The van der Waals surface area contributed by atoms with E-state index in [0.29, 0.717) is 11.4 Å². The molecular formula is C13H15N3OS. The number of aromatic nitrogens is 2. The molecular weight excluding hydrogens is 246 g/mol. The summed E-state index contributed by atoms with van der Waals surface area (Å²) in [5.74, 6) is 0.0229. The van der Waals surface area contributed by atoms with Gasteiger partial charge in [0.1, 0.15) is 9.88 Å². The number of thiazole rings is 1. The average Bonchev–Trinajstić information content (AvgIpc) is 2.80. The molecule has 4 nitrogen and oxygen atoms in total. The van der Waals surface area contributed by atoms with E-state index in [1.807, 2.05) is 32.0 Å². The lowest BCUT2D eigenvalue weighted by Crippen LogP contribution is -2.25. The Bertz CT molecular complexity index is 551. The summed E-state index contributed by atoms with van der Waals surface area (Å²) in [5, 5.41) is 0.793. The Morgan fingerprint density at radius 3 is 2.83 bits per heavy atom. The Hall–Kier alpha value is -1.75. The second kappa shape index (κ2) is 5.27. The monoisotopic (exact) mass is 261 g/mol. The van der Waals surface area contributed by atoms with Crippen molar-refractivity contribution in [3.8, 4) is 10.7 Å². The summed E-state index contributed by atoms with van der Waals surface area (Å²) in [6.45, 7) is 4.50. The van der Waals surface area contributed by atoms with E-state index in [2.05, 4.69) is 9.97 Å². The van der Waals surface area contributed by atoms with Crippen LogP contribution in [-0.2, 0) is 0 Å². The number of nitrogens with zero attached hydrogens (tertiary/aromatic N) is 3. The predicted molar refractivity (Wildman–Crippen MR) is 72.7 cm³/mol. The van der Waals surface area contributed by atoms with Crippen molar-refractivity contribution in [2.75, 3.05) is 13.6 Å². The maximum atomic E-state index is 12.1. The highest BCUT2D eigenvalue weighted by molar-refractivity contribution is 7.17. The summed E-state index contributed by atoms with van der Waals surface area (Å²) in [7, 11) is 1.79. The molecule has 2 rings (SSSR count). The van der Waals surface area contributed by atoms with Gasteiger partial charge in [0.25, 0.3) is 5.91 Å². The molecule has 94 valence electrons. The van der Waals surface area contributed by atoms with E-state index in [0.717, 1.165) is 16.4 Å². The van der Waals surface area contributed by atoms with Gasteiger partial charge in [-0.1, -0.05) is 6.07 Å². The third-order valence-electron chi connectivity index (χ3n) is 2.70. The minimum Gasteiger partial charge on any atom is -0.341 e. The number of carbonyl (C=O) groups is 1. The number of hydrogen-bond acceptors (Lipinski definition) is 4. The van der Waals surface area contributed by atoms with Gasteiger partial charge in [0.05, 0.1) is 11.4 Å². The summed E-state index contributed by atoms with van der Waals surface area (Å²) >= 11 is 1.40. The lowest BCUT2D eigenvalue weighted by atomic mass is 10.3. The molecule has 0 aromatic carbocycles. The average molecular weight is 261 g/mol. The molecule has 0 fully saturated rings. The fourth-order valence-corrected chi connectivity index (χ4v) is 2.55. The second-order valence-electron chi connectivity index (χ2n) is 3.97. The second-order valence-corrected chi connectivity index (χ2v) is 4.97. The van der Waals surface area contributed by atoms with Crippen LogP contribution in [0.15, 0.2) is 24.4 Å². The minimum atomic E-state index is 0.0229. The maximum absolute atomic E-state index is 12.1. The van der Waals surface area contributed by atoms with E-state index in [-0.39, 0.29) is 5.91 Å². The molecule has 0 saturated carbocycles. The van der Waals surface area contributed by atoms with Crippen LogP contribution < -0.4 is 0 Å². The van der Waals surface area contributed by atoms with Gasteiger partial charge in [0, 0.05) is 19.8 Å². The van der Waals surface area contributed by atoms with Crippen molar-refractivity contribution in [1.82, 2.24) is 14.9 Å². The lowest BCUT2D eigenvalue weighted by molar-refractivity contribution is 0.0806. The smallest absolute Gasteiger partial charge is 0.265 e. The molecule has 0 saturated heterocycles. The van der Waals surface area contributed by atoms with Crippen molar-refractivity contribution in [2.24, 2.45) is 0 Å². The molecule has 2 aromatic heterocycles. The van der Waals surface area contributed by atoms with Gasteiger partial charge in [0.15, 0.2) is 0 Å². The van der Waals surface area contributed by atoms with Crippen molar-refractivity contribution in [3.63, 3.8) is 0 Å². The van der Waals surface area contributed by atoms with Crippen LogP contribution in [0.3, 0.4) is 0 Å². The molecule has 0 spiro atoms. The Kier molecular flexibility index (Phi) is 3.72. The zero-order valence-corrected chi connectivity index (χ0v) is 11.5. The van der Waals surface area contributed by atoms with Crippen LogP contribution >= 0.6 is 11.3 Å². The van der Waals surface area contributed by atoms with E-state index < -0.39 is 0 Å². The standard InChI is InChI=1S/C13H15N3OS/c1-4-16(3)13(17)11-9(2)15-12(18-11)10-7-5-6-8-14-10/h5-8H,4H2,1-3H3. The summed E-state index contributed by atoms with van der Waals surface area (Å²) in [5.41, 5.74) is 1.58. The number of pyridine rings is 1. The normalized spacial score (nSPS) is 10.4. The maximum Gasteiger partial charge on any atom is 0.265 e. The molecule has 0 aliphatic rings. The van der Waals surface area contributed by atoms with Crippen molar-refractivity contribution in [3.05, 3.63) is 35.0 Å². The van der Waals surface area contributed by atoms with Crippen LogP contribution in [-0.4, -0.2) is 34.4 Å². The van der Waals surface area contributed by atoms with Gasteiger partial charge in [-0.25, -0.2) is 4.98 Å². The summed E-state index contributed by atoms with van der Waals surface area (Å²) < 4.78 is 0. The molecule has 0 aliphatic carbocycles. The molecule has 0 atom stereocenters. The SMILES string of the molecule is CCN(C)C(=O)c1sc(-c2ccccn2)nc1C. The predicted octanol–water partition coefficient (Wildman–Crippen LogP) is 2.61. The van der Waals surface area contributed by atoms with Gasteiger partial charge in [-0.3, -0.25) is 9.78 Å². The van der Waals surface area contributed by atoms with Gasteiger partial charge in [0.2, 0.25) is 0 Å². The first kappa shape index (κ1) is 12.7. The van der Waals surface area contributed by atoms with Gasteiger partial charge < -0.3 is 4.90 Å². The van der Waals surface area contributed by atoms with Crippen molar-refractivity contribution in [1.29, 1.82) is 0 Å². The summed E-state index contributed by atoms with van der Waals surface area (Å²) in [4.78, 5) is 23.2. The van der Waals surface area contributed by atoms with Gasteiger partial charge in [-0.15, -0.1) is 11.3 Å². The van der Waals surface area contributed by atoms with Crippen molar-refractivity contribution >= 4 is 17.2 Å². The van der Waals surface area contributed by atoms with E-state index >= 15 is 0 Å². The van der Waals surface area contributed by atoms with Crippen LogP contribution in [0.2, 0.25) is 0 Å². The quantitative estimate of drug-likeness (QED) is 0.853. The van der Waals surface area contributed by atoms with Crippen LogP contribution in [0.25, 0.3) is 10.7 Å². The molecule has 5 heteroatoms. The lowest BCUT2D eigenvalue weighted by Gasteiger charge is -2.12. The van der Waals surface area contributed by atoms with Crippen LogP contribution in [0.5, 0.6) is 0 Å². The number of aryl methyl sites for hydroxylation is 1. The van der Waals surface area contributed by atoms with E-state index in [4.69, 9.17) is 0 Å². The number of rotatable bonds is 3. The van der Waals surface area contributed by atoms with Gasteiger partial charge >= 0.3 is 0 Å². The third kappa shape index (κ3) is 2.41. The Morgan fingerprint density at radius 2 is 2.22 bits per heavy atom. The van der Waals surface area contributed by atoms with Crippen molar-refractivity contribution < 1.29 is 4.79 Å². The largest absolute Gasteiger partial charge is 0.341 e. The molecule has 2 heterocycles. The molecule has 0 bridgehead atoms. The van der Waals surface area contributed by atoms with E-state index in [1.165, 1.54) is 11.3 Å². The first-order valence-electron chi connectivity index (χ1n) is 5.77. The van der Waals surface area contributed by atoms with Gasteiger partial charge in [-0.05, 0) is 26.0 Å². The zero-order chi connectivity index (χ0) is 13.1. The minimum absolute atomic E-state index is 0.0229. The fraction of sp³-hybridized carbons (Fsp3) is 0.308. The summed E-state index contributed by atoms with van der Waals surface area (Å²) in [6, 6.07) is 5.68. The first-order valence-corrected chi connectivity index (χ1v) is 6.59. The topological polar surface area (TPSA) is 46.1 Å². The number of hydrogen-bond donors (Lipinski definition) is 0. The summed E-state index contributed by atoms with van der Waals surface area (Å²) in [6.07, 6.45) is 1.73. The highest BCUT2D eigenvalue weighted by Gasteiger charge is 2.18. The number of carbonyl (C=O) groups excluding carboxylic acids is 1. The molecule has 0 radical (unpaired) electrons. The van der Waals surface area contributed by atoms with Crippen LogP contribution in [0, 0.1) is 6.92 Å². The molecule has 2 aromatic rings. The first-order chi connectivity index (χ1) is 8.63. The van der Waals surface area contributed by atoms with Crippen LogP contribution in [0.1, 0.15) is 22.3 Å². The molecule has 0 N–H and O–H groups in total. The van der Waals surface area contributed by atoms with Crippen molar-refractivity contribution in [2.45, 2.75) is 13.8 Å². The molecule has 0 aliphatic heterocycles. The zero-order valence-electron chi connectivity index (χ0n) is 10.7. The number of amides is 1. The highest BCUT2D eigenvalue weighted by atomic mass is 32.1. The third-order valence-corrected chi connectivity index (χ3v) is 3.86. The van der Waals surface area contributed by atoms with E-state index in [9.17, 15) is 4.79 Å². The van der Waals surface area contributed by atoms with Crippen LogP contribution in [0.4, 0.5) is 0 Å². The fourth-order valence-electron chi connectivity index (χ4n) is 1.51. The Labute approximate surface area is 110 Å². The van der Waals surface area contributed by atoms with E-state index in [1.54, 1.807) is 18.1 Å². The van der Waals surface area contributed by atoms with Gasteiger partial charge in [-0.2, -0.15) is 0 Å². The molecule has 1 amide bonds.